The van der Waals surface area contributed by atoms with Crippen molar-refractivity contribution in [1.82, 2.24) is 10.6 Å². The summed E-state index contributed by atoms with van der Waals surface area (Å²) in [6.45, 7) is 7.35. The molecule has 180 valence electrons. The molecule has 7 heteroatoms. The Labute approximate surface area is 200 Å². The molecule has 1 aliphatic carbocycles. The highest BCUT2D eigenvalue weighted by Gasteiger charge is 2.31. The molecule has 0 saturated heterocycles. The van der Waals surface area contributed by atoms with Crippen LogP contribution in [0, 0.1) is 0 Å². The molecule has 0 fully saturated rings. The first-order valence-electron chi connectivity index (χ1n) is 11.5. The van der Waals surface area contributed by atoms with Crippen LogP contribution in [0.25, 0.3) is 11.1 Å². The largest absolute Gasteiger partial charge is 0.481 e. The highest BCUT2D eigenvalue weighted by Crippen LogP contribution is 2.44. The molecule has 7 nitrogen and oxygen atoms in total. The van der Waals surface area contributed by atoms with Gasteiger partial charge >= 0.3 is 12.1 Å². The van der Waals surface area contributed by atoms with E-state index in [1.807, 2.05) is 36.4 Å². The Balaban J connectivity index is 1.63. The molecule has 0 aromatic heterocycles. The van der Waals surface area contributed by atoms with E-state index in [0.717, 1.165) is 22.3 Å². The van der Waals surface area contributed by atoms with Crippen LogP contribution in [0.1, 0.15) is 56.6 Å². The van der Waals surface area contributed by atoms with Gasteiger partial charge in [0.1, 0.15) is 12.6 Å². The zero-order valence-corrected chi connectivity index (χ0v) is 19.7. The molecule has 0 saturated carbocycles. The standard InChI is InChI=1S/C27H32N2O5/c1-4-5-14-23(25(32)29-27(2,3)16-15-24(30)31)28-26(33)34-17-22-20-12-8-6-10-18(20)19-11-7-9-13-21(19)22/h4,6-13,22-23H,1,5,14-17H2,2-3H3,(H,28,33)(H,29,32)(H,30,31). The Bertz CT molecular complexity index is 1020. The Morgan fingerprint density at radius 1 is 1.09 bits per heavy atom. The quantitative estimate of drug-likeness (QED) is 0.421. The summed E-state index contributed by atoms with van der Waals surface area (Å²) in [7, 11) is 0. The van der Waals surface area contributed by atoms with Gasteiger partial charge < -0.3 is 20.5 Å². The second-order valence-corrected chi connectivity index (χ2v) is 9.16. The van der Waals surface area contributed by atoms with Gasteiger partial charge in [0, 0.05) is 17.9 Å². The van der Waals surface area contributed by atoms with Crippen molar-refractivity contribution in [3.63, 3.8) is 0 Å². The lowest BCUT2D eigenvalue weighted by Gasteiger charge is -2.28. The first kappa shape index (κ1) is 25.0. The predicted octanol–water partition coefficient (Wildman–Crippen LogP) is 4.62. The van der Waals surface area contributed by atoms with E-state index in [1.165, 1.54) is 0 Å². The number of allylic oxidation sites excluding steroid dienone is 1. The highest BCUT2D eigenvalue weighted by atomic mass is 16.5. The van der Waals surface area contributed by atoms with E-state index < -0.39 is 23.6 Å². The Morgan fingerprint density at radius 3 is 2.24 bits per heavy atom. The second kappa shape index (κ2) is 11.0. The molecule has 0 aliphatic heterocycles. The zero-order valence-electron chi connectivity index (χ0n) is 19.7. The fraction of sp³-hybridized carbons (Fsp3) is 0.370. The van der Waals surface area contributed by atoms with Crippen LogP contribution in [-0.4, -0.2) is 41.3 Å². The van der Waals surface area contributed by atoms with Gasteiger partial charge in [0.2, 0.25) is 5.91 Å². The molecule has 2 amide bonds. The molecule has 2 aromatic carbocycles. The Hall–Kier alpha value is -3.61. The van der Waals surface area contributed by atoms with Crippen LogP contribution < -0.4 is 10.6 Å². The third-order valence-electron chi connectivity index (χ3n) is 6.04. The summed E-state index contributed by atoms with van der Waals surface area (Å²) in [5.74, 6) is -1.39. The summed E-state index contributed by atoms with van der Waals surface area (Å²) in [5, 5.41) is 14.4. The number of nitrogens with one attached hydrogen (secondary N) is 2. The number of fused-ring (bicyclic) bond motifs is 3. The summed E-state index contributed by atoms with van der Waals surface area (Å²) in [6, 6.07) is 15.3. The van der Waals surface area contributed by atoms with Crippen molar-refractivity contribution in [2.24, 2.45) is 0 Å². The number of hydrogen-bond acceptors (Lipinski definition) is 4. The second-order valence-electron chi connectivity index (χ2n) is 9.16. The maximum atomic E-state index is 12.9. The van der Waals surface area contributed by atoms with E-state index >= 15 is 0 Å². The minimum atomic E-state index is -0.928. The maximum absolute atomic E-state index is 12.9. The van der Waals surface area contributed by atoms with E-state index in [1.54, 1.807) is 19.9 Å². The number of alkyl carbamates (subject to hydrolysis) is 1. The molecule has 0 radical (unpaired) electrons. The molecular formula is C27H32N2O5. The minimum Gasteiger partial charge on any atom is -0.481 e. The zero-order chi connectivity index (χ0) is 24.7. The number of amides is 2. The van der Waals surface area contributed by atoms with Gasteiger partial charge in [-0.15, -0.1) is 6.58 Å². The molecular weight excluding hydrogens is 432 g/mol. The lowest BCUT2D eigenvalue weighted by Crippen LogP contribution is -2.53. The lowest BCUT2D eigenvalue weighted by atomic mass is 9.97. The molecule has 0 bridgehead atoms. The van der Waals surface area contributed by atoms with Crippen molar-refractivity contribution in [1.29, 1.82) is 0 Å². The van der Waals surface area contributed by atoms with E-state index in [0.29, 0.717) is 12.8 Å². The smallest absolute Gasteiger partial charge is 0.407 e. The summed E-state index contributed by atoms with van der Waals surface area (Å²) >= 11 is 0. The summed E-state index contributed by atoms with van der Waals surface area (Å²) in [5.41, 5.74) is 3.76. The average molecular weight is 465 g/mol. The van der Waals surface area contributed by atoms with Crippen molar-refractivity contribution in [3.05, 3.63) is 72.3 Å². The van der Waals surface area contributed by atoms with Crippen LogP contribution in [0.2, 0.25) is 0 Å². The van der Waals surface area contributed by atoms with Crippen LogP contribution in [0.15, 0.2) is 61.2 Å². The molecule has 1 unspecified atom stereocenters. The summed E-state index contributed by atoms with van der Waals surface area (Å²) in [4.78, 5) is 36.4. The van der Waals surface area contributed by atoms with E-state index in [4.69, 9.17) is 9.84 Å². The number of carbonyl (C=O) groups excluding carboxylic acids is 2. The van der Waals surface area contributed by atoms with Crippen LogP contribution in [0.5, 0.6) is 0 Å². The summed E-state index contributed by atoms with van der Waals surface area (Å²) in [6.07, 6.45) is 2.09. The third-order valence-corrected chi connectivity index (χ3v) is 6.04. The molecule has 0 spiro atoms. The maximum Gasteiger partial charge on any atom is 0.407 e. The van der Waals surface area contributed by atoms with E-state index in [2.05, 4.69) is 29.3 Å². The monoisotopic (exact) mass is 464 g/mol. The molecule has 3 rings (SSSR count). The van der Waals surface area contributed by atoms with Crippen molar-refractivity contribution in [2.45, 2.75) is 57.0 Å². The van der Waals surface area contributed by atoms with Crippen LogP contribution in [0.3, 0.4) is 0 Å². The van der Waals surface area contributed by atoms with Gasteiger partial charge in [0.05, 0.1) is 0 Å². The van der Waals surface area contributed by atoms with Gasteiger partial charge in [-0.2, -0.15) is 0 Å². The number of hydrogen-bond donors (Lipinski definition) is 3. The number of benzene rings is 2. The topological polar surface area (TPSA) is 105 Å². The normalized spacial score (nSPS) is 13.4. The Morgan fingerprint density at radius 2 is 1.68 bits per heavy atom. The molecule has 0 heterocycles. The molecule has 3 N–H and O–H groups in total. The molecule has 1 aliphatic rings. The third kappa shape index (κ3) is 6.25. The molecule has 34 heavy (non-hydrogen) atoms. The molecule has 2 aromatic rings. The van der Waals surface area contributed by atoms with Gasteiger partial charge in [-0.25, -0.2) is 4.79 Å². The minimum absolute atomic E-state index is 0.0651. The van der Waals surface area contributed by atoms with Crippen LogP contribution in [0.4, 0.5) is 4.79 Å². The highest BCUT2D eigenvalue weighted by molar-refractivity contribution is 5.86. The number of carbonyl (C=O) groups is 3. The number of ether oxygens (including phenoxy) is 1. The van der Waals surface area contributed by atoms with Crippen LogP contribution >= 0.6 is 0 Å². The summed E-state index contributed by atoms with van der Waals surface area (Å²) < 4.78 is 5.58. The van der Waals surface area contributed by atoms with Crippen molar-refractivity contribution < 1.29 is 24.2 Å². The van der Waals surface area contributed by atoms with Crippen molar-refractivity contribution in [2.75, 3.05) is 6.61 Å². The van der Waals surface area contributed by atoms with Gasteiger partial charge in [0.15, 0.2) is 0 Å². The Kier molecular flexibility index (Phi) is 8.10. The fourth-order valence-corrected chi connectivity index (χ4v) is 4.24. The number of carboxylic acid groups (broad SMARTS) is 1. The molecule has 1 atom stereocenters. The van der Waals surface area contributed by atoms with Crippen molar-refractivity contribution in [3.8, 4) is 11.1 Å². The van der Waals surface area contributed by atoms with Gasteiger partial charge in [0.25, 0.3) is 0 Å². The number of carboxylic acids is 1. The van der Waals surface area contributed by atoms with E-state index in [9.17, 15) is 14.4 Å². The average Bonchev–Trinajstić information content (AvgIpc) is 3.12. The fourth-order valence-electron chi connectivity index (χ4n) is 4.24. The first-order chi connectivity index (χ1) is 16.2. The van der Waals surface area contributed by atoms with Crippen LogP contribution in [-0.2, 0) is 14.3 Å². The number of aliphatic carboxylic acids is 1. The van der Waals surface area contributed by atoms with Gasteiger partial charge in [-0.05, 0) is 55.4 Å². The van der Waals surface area contributed by atoms with E-state index in [-0.39, 0.29) is 31.3 Å². The number of rotatable bonds is 11. The SMILES string of the molecule is C=CCCC(NC(=O)OCC1c2ccccc2-c2ccccc21)C(=O)NC(C)(C)CCC(=O)O. The van der Waals surface area contributed by atoms with Gasteiger partial charge in [-0.1, -0.05) is 54.6 Å². The first-order valence-corrected chi connectivity index (χ1v) is 11.5. The van der Waals surface area contributed by atoms with Crippen molar-refractivity contribution >= 4 is 18.0 Å². The lowest BCUT2D eigenvalue weighted by molar-refractivity contribution is -0.138. The van der Waals surface area contributed by atoms with Gasteiger partial charge in [-0.3, -0.25) is 9.59 Å². The predicted molar refractivity (Wildman–Crippen MR) is 131 cm³/mol.